The van der Waals surface area contributed by atoms with Gasteiger partial charge in [-0.1, -0.05) is 36.4 Å². The molecule has 0 unspecified atom stereocenters. The Morgan fingerprint density at radius 2 is 1.92 bits per heavy atom. The lowest BCUT2D eigenvalue weighted by Gasteiger charge is -2.33. The Kier molecular flexibility index (Phi) is 7.61. The zero-order chi connectivity index (χ0) is 26.7. The third-order valence-corrected chi connectivity index (χ3v) is 8.68. The summed E-state index contributed by atoms with van der Waals surface area (Å²) >= 11 is 1.37. The summed E-state index contributed by atoms with van der Waals surface area (Å²) in [6.45, 7) is 4.75. The Hall–Kier alpha value is -3.51. The molecule has 0 radical (unpaired) electrons. The van der Waals surface area contributed by atoms with E-state index in [1.165, 1.54) is 21.9 Å². The second kappa shape index (κ2) is 11.1. The molecule has 3 heterocycles. The van der Waals surface area contributed by atoms with Gasteiger partial charge in [0.25, 0.3) is 0 Å². The summed E-state index contributed by atoms with van der Waals surface area (Å²) in [5, 5.41) is 13.8. The number of para-hydroxylation sites is 1. The number of carbonyl (C=O) groups excluding carboxylic acids is 1. The average molecular weight is 552 g/mol. The van der Waals surface area contributed by atoms with Crippen LogP contribution in [0.25, 0.3) is 23.1 Å². The summed E-state index contributed by atoms with van der Waals surface area (Å²) < 4.78 is 30.7. The molecule has 1 aliphatic heterocycles. The highest BCUT2D eigenvalue weighted by molar-refractivity contribution is 7.88. The van der Waals surface area contributed by atoms with Crippen LogP contribution in [0, 0.1) is 6.92 Å². The summed E-state index contributed by atoms with van der Waals surface area (Å²) in [5.41, 5.74) is 5.08. The Morgan fingerprint density at radius 1 is 1.13 bits per heavy atom. The Bertz CT molecular complexity index is 1580. The molecule has 1 aliphatic rings. The van der Waals surface area contributed by atoms with Crippen molar-refractivity contribution in [3.8, 4) is 5.06 Å². The lowest BCUT2D eigenvalue weighted by atomic mass is 10.1. The van der Waals surface area contributed by atoms with Gasteiger partial charge in [-0.2, -0.15) is 9.40 Å². The van der Waals surface area contributed by atoms with Gasteiger partial charge in [-0.25, -0.2) is 13.2 Å². The molecule has 2 aromatic heterocycles. The number of carbonyl (C=O) groups is 1. The van der Waals surface area contributed by atoms with Crippen molar-refractivity contribution in [2.24, 2.45) is 0 Å². The van der Waals surface area contributed by atoms with E-state index in [4.69, 9.17) is 4.74 Å². The highest BCUT2D eigenvalue weighted by atomic mass is 32.2. The third kappa shape index (κ3) is 6.13. The van der Waals surface area contributed by atoms with Gasteiger partial charge in [0.05, 0.1) is 23.2 Å². The van der Waals surface area contributed by atoms with Gasteiger partial charge in [-0.05, 0) is 47.7 Å². The first-order valence-corrected chi connectivity index (χ1v) is 14.9. The maximum Gasteiger partial charge on any atom is 0.417 e. The van der Waals surface area contributed by atoms with E-state index < -0.39 is 16.1 Å². The minimum atomic E-state index is -3.18. The number of aromatic nitrogens is 2. The number of ether oxygens (including phenoxy) is 1. The van der Waals surface area contributed by atoms with Gasteiger partial charge in [0.15, 0.2) is 5.06 Å². The molecule has 2 aromatic carbocycles. The minimum absolute atomic E-state index is 0.467. The normalized spacial score (nSPS) is 15.3. The van der Waals surface area contributed by atoms with E-state index in [1.54, 1.807) is 0 Å². The van der Waals surface area contributed by atoms with E-state index in [2.05, 4.69) is 20.4 Å². The fourth-order valence-electron chi connectivity index (χ4n) is 4.40. The molecule has 0 bridgehead atoms. The lowest BCUT2D eigenvalue weighted by molar-refractivity contribution is 0.182. The highest BCUT2D eigenvalue weighted by Crippen LogP contribution is 2.27. The number of fused-ring (bicyclic) bond motifs is 1. The maximum atomic E-state index is 12.8. The number of sulfonamides is 1. The van der Waals surface area contributed by atoms with Crippen molar-refractivity contribution in [2.75, 3.05) is 37.8 Å². The van der Waals surface area contributed by atoms with Gasteiger partial charge in [0, 0.05) is 43.7 Å². The van der Waals surface area contributed by atoms with Crippen LogP contribution < -0.4 is 10.1 Å². The van der Waals surface area contributed by atoms with Crippen LogP contribution in [0.1, 0.15) is 22.4 Å². The molecule has 0 atom stereocenters. The first-order valence-electron chi connectivity index (χ1n) is 12.2. The molecule has 1 amide bonds. The van der Waals surface area contributed by atoms with Gasteiger partial charge in [-0.15, -0.1) is 11.3 Å². The number of piperazine rings is 1. The molecule has 198 valence electrons. The van der Waals surface area contributed by atoms with E-state index in [-0.39, 0.29) is 0 Å². The molecule has 0 aliphatic carbocycles. The molecule has 1 saturated heterocycles. The van der Waals surface area contributed by atoms with E-state index in [9.17, 15) is 13.2 Å². The van der Waals surface area contributed by atoms with Crippen molar-refractivity contribution in [3.05, 3.63) is 76.3 Å². The molecular formula is C27H29N5O4S2. The summed E-state index contributed by atoms with van der Waals surface area (Å²) in [6, 6.07) is 15.7. The molecular weight excluding hydrogens is 522 g/mol. The van der Waals surface area contributed by atoms with Crippen LogP contribution in [0.15, 0.2) is 53.9 Å². The summed E-state index contributed by atoms with van der Waals surface area (Å²) in [7, 11) is -3.18. The molecule has 4 aromatic rings. The standard InChI is InChI=1S/C27H29N5O4S2/c1-19-11-16-37-26(19)36-27(33)28-25-17-20(18-31-12-14-32(15-13-31)38(2,34)35)7-8-21(25)9-10-24-22-5-3-4-6-23(22)29-30-24/h3-11,16-17H,12-15,18H2,1-2H3,(H,28,33)(H,29,30)/b10-9+. The number of thiophene rings is 1. The number of aromatic amines is 1. The molecule has 9 nitrogen and oxygen atoms in total. The monoisotopic (exact) mass is 551 g/mol. The van der Waals surface area contributed by atoms with E-state index in [1.807, 2.05) is 73.0 Å². The van der Waals surface area contributed by atoms with Crippen molar-refractivity contribution >= 4 is 56.2 Å². The predicted octanol–water partition coefficient (Wildman–Crippen LogP) is 4.79. The van der Waals surface area contributed by atoms with Gasteiger partial charge in [0.1, 0.15) is 0 Å². The topological polar surface area (TPSA) is 108 Å². The molecule has 5 rings (SSSR count). The number of nitrogens with zero attached hydrogens (tertiary/aromatic N) is 3. The first kappa shape index (κ1) is 26.1. The summed E-state index contributed by atoms with van der Waals surface area (Å²) in [4.78, 5) is 15.0. The van der Waals surface area contributed by atoms with Gasteiger partial charge >= 0.3 is 6.09 Å². The van der Waals surface area contributed by atoms with Gasteiger partial charge in [0.2, 0.25) is 10.0 Å². The van der Waals surface area contributed by atoms with Crippen molar-refractivity contribution in [2.45, 2.75) is 13.5 Å². The minimum Gasteiger partial charge on any atom is -0.399 e. The largest absolute Gasteiger partial charge is 0.417 e. The van der Waals surface area contributed by atoms with Gasteiger partial charge < -0.3 is 4.74 Å². The molecule has 2 N–H and O–H groups in total. The van der Waals surface area contributed by atoms with Crippen molar-refractivity contribution < 1.29 is 17.9 Å². The van der Waals surface area contributed by atoms with E-state index in [0.717, 1.165) is 33.3 Å². The van der Waals surface area contributed by atoms with Crippen LogP contribution in [0.2, 0.25) is 0 Å². The lowest BCUT2D eigenvalue weighted by Crippen LogP contribution is -2.47. The smallest absolute Gasteiger partial charge is 0.399 e. The highest BCUT2D eigenvalue weighted by Gasteiger charge is 2.23. The van der Waals surface area contributed by atoms with Crippen LogP contribution in [-0.2, 0) is 16.6 Å². The molecule has 38 heavy (non-hydrogen) atoms. The zero-order valence-corrected chi connectivity index (χ0v) is 22.8. The van der Waals surface area contributed by atoms with Crippen molar-refractivity contribution in [1.82, 2.24) is 19.4 Å². The number of anilines is 1. The number of nitrogens with one attached hydrogen (secondary N) is 2. The van der Waals surface area contributed by atoms with Crippen LogP contribution in [0.4, 0.5) is 10.5 Å². The van der Waals surface area contributed by atoms with Gasteiger partial charge in [-0.3, -0.25) is 15.3 Å². The fourth-order valence-corrected chi connectivity index (χ4v) is 6.00. The Labute approximate surface area is 225 Å². The number of rotatable bonds is 7. The molecule has 1 fully saturated rings. The van der Waals surface area contributed by atoms with Crippen LogP contribution >= 0.6 is 11.3 Å². The maximum absolute atomic E-state index is 12.8. The number of amides is 1. The molecule has 0 spiro atoms. The first-order chi connectivity index (χ1) is 18.3. The number of hydrogen-bond donors (Lipinski definition) is 2. The number of benzene rings is 2. The SMILES string of the molecule is Cc1ccsc1OC(=O)Nc1cc(CN2CCN(S(C)(=O)=O)CC2)ccc1/C=C/c1n[nH]c2ccccc12. The third-order valence-electron chi connectivity index (χ3n) is 6.48. The van der Waals surface area contributed by atoms with Crippen LogP contribution in [0.5, 0.6) is 5.06 Å². The second-order valence-electron chi connectivity index (χ2n) is 9.25. The quantitative estimate of drug-likeness (QED) is 0.342. The predicted molar refractivity (Wildman–Crippen MR) is 152 cm³/mol. The average Bonchev–Trinajstić information content (AvgIpc) is 3.49. The van der Waals surface area contributed by atoms with Crippen LogP contribution in [0.3, 0.4) is 0 Å². The fraction of sp³-hybridized carbons (Fsp3) is 0.259. The molecule has 11 heteroatoms. The van der Waals surface area contributed by atoms with E-state index >= 15 is 0 Å². The van der Waals surface area contributed by atoms with E-state index in [0.29, 0.717) is 43.5 Å². The summed E-state index contributed by atoms with van der Waals surface area (Å²) in [5.74, 6) is 0. The second-order valence-corrected chi connectivity index (χ2v) is 12.1. The number of hydrogen-bond acceptors (Lipinski definition) is 7. The van der Waals surface area contributed by atoms with Crippen molar-refractivity contribution in [1.29, 1.82) is 0 Å². The van der Waals surface area contributed by atoms with Crippen LogP contribution in [-0.4, -0.2) is 66.3 Å². The van der Waals surface area contributed by atoms with Crippen molar-refractivity contribution in [3.63, 3.8) is 0 Å². The number of H-pyrrole nitrogens is 1. The number of aryl methyl sites for hydroxylation is 1. The Balaban J connectivity index is 1.36. The molecule has 0 saturated carbocycles. The Morgan fingerprint density at radius 3 is 2.66 bits per heavy atom. The summed E-state index contributed by atoms with van der Waals surface area (Å²) in [6.07, 6.45) is 4.52. The zero-order valence-electron chi connectivity index (χ0n) is 21.2.